The van der Waals surface area contributed by atoms with Crippen LogP contribution >= 0.6 is 11.8 Å². The molecule has 84 valence electrons. The molecule has 0 aromatic heterocycles. The average molecular weight is 217 g/mol. The Balaban J connectivity index is 1.82. The van der Waals surface area contributed by atoms with Gasteiger partial charge in [0, 0.05) is 31.6 Å². The van der Waals surface area contributed by atoms with E-state index in [9.17, 15) is 0 Å². The summed E-state index contributed by atoms with van der Waals surface area (Å²) in [6, 6.07) is 0.718. The summed E-state index contributed by atoms with van der Waals surface area (Å²) in [6.45, 7) is 5.31. The highest BCUT2D eigenvalue weighted by atomic mass is 32.2. The summed E-state index contributed by atoms with van der Waals surface area (Å²) >= 11 is 2.07. The molecule has 1 heterocycles. The van der Waals surface area contributed by atoms with E-state index in [-0.39, 0.29) is 0 Å². The van der Waals surface area contributed by atoms with Crippen LogP contribution in [0.25, 0.3) is 0 Å². The number of unbranched alkanes of at least 4 members (excludes halogenated alkanes) is 1. The molecule has 0 spiro atoms. The van der Waals surface area contributed by atoms with Crippen LogP contribution in [-0.4, -0.2) is 37.3 Å². The molecule has 1 aliphatic heterocycles. The SMILES string of the molecule is CCCCSCCNC1CCOCC1. The molecule has 0 aliphatic carbocycles. The van der Waals surface area contributed by atoms with E-state index in [1.165, 1.54) is 43.7 Å². The van der Waals surface area contributed by atoms with Gasteiger partial charge < -0.3 is 10.1 Å². The molecule has 0 amide bonds. The topological polar surface area (TPSA) is 21.3 Å². The minimum Gasteiger partial charge on any atom is -0.381 e. The predicted molar refractivity (Wildman–Crippen MR) is 64.1 cm³/mol. The molecule has 0 radical (unpaired) electrons. The molecule has 3 heteroatoms. The summed E-state index contributed by atoms with van der Waals surface area (Å²) in [7, 11) is 0. The smallest absolute Gasteiger partial charge is 0.0480 e. The van der Waals surface area contributed by atoms with Crippen LogP contribution in [0.5, 0.6) is 0 Å². The van der Waals surface area contributed by atoms with E-state index in [4.69, 9.17) is 4.74 Å². The Bertz CT molecular complexity index is 126. The first-order valence-corrected chi connectivity index (χ1v) is 6.98. The lowest BCUT2D eigenvalue weighted by Crippen LogP contribution is -2.36. The normalized spacial score (nSPS) is 18.6. The molecule has 0 atom stereocenters. The van der Waals surface area contributed by atoms with Gasteiger partial charge >= 0.3 is 0 Å². The fraction of sp³-hybridized carbons (Fsp3) is 1.00. The van der Waals surface area contributed by atoms with Crippen molar-refractivity contribution < 1.29 is 4.74 Å². The third kappa shape index (κ3) is 5.89. The van der Waals surface area contributed by atoms with E-state index in [2.05, 4.69) is 24.0 Å². The summed E-state index contributed by atoms with van der Waals surface area (Å²) in [5.41, 5.74) is 0. The van der Waals surface area contributed by atoms with Gasteiger partial charge in [-0.25, -0.2) is 0 Å². The average Bonchev–Trinajstić information content (AvgIpc) is 2.25. The van der Waals surface area contributed by atoms with Crippen LogP contribution in [0.3, 0.4) is 0 Å². The van der Waals surface area contributed by atoms with Gasteiger partial charge in [-0.1, -0.05) is 13.3 Å². The van der Waals surface area contributed by atoms with Crippen molar-refractivity contribution in [3.05, 3.63) is 0 Å². The maximum Gasteiger partial charge on any atom is 0.0480 e. The Morgan fingerprint density at radius 2 is 2.07 bits per heavy atom. The monoisotopic (exact) mass is 217 g/mol. The molecule has 2 nitrogen and oxygen atoms in total. The Morgan fingerprint density at radius 3 is 2.79 bits per heavy atom. The first kappa shape index (κ1) is 12.3. The third-order valence-corrected chi connectivity index (χ3v) is 3.61. The second-order valence-electron chi connectivity index (χ2n) is 3.81. The van der Waals surface area contributed by atoms with Crippen LogP contribution < -0.4 is 5.32 Å². The number of hydrogen-bond acceptors (Lipinski definition) is 3. The van der Waals surface area contributed by atoms with Gasteiger partial charge in [-0.15, -0.1) is 0 Å². The lowest BCUT2D eigenvalue weighted by Gasteiger charge is -2.23. The molecule has 1 rings (SSSR count). The van der Waals surface area contributed by atoms with Crippen molar-refractivity contribution in [1.29, 1.82) is 0 Å². The van der Waals surface area contributed by atoms with Gasteiger partial charge in [0.25, 0.3) is 0 Å². The van der Waals surface area contributed by atoms with Crippen LogP contribution in [0.1, 0.15) is 32.6 Å². The quantitative estimate of drug-likeness (QED) is 0.661. The zero-order valence-electron chi connectivity index (χ0n) is 9.26. The van der Waals surface area contributed by atoms with E-state index in [0.717, 1.165) is 19.3 Å². The van der Waals surface area contributed by atoms with Gasteiger partial charge in [-0.05, 0) is 25.0 Å². The fourth-order valence-electron chi connectivity index (χ4n) is 1.59. The molecule has 14 heavy (non-hydrogen) atoms. The highest BCUT2D eigenvalue weighted by Gasteiger charge is 2.11. The molecular weight excluding hydrogens is 194 g/mol. The van der Waals surface area contributed by atoms with Crippen molar-refractivity contribution in [2.45, 2.75) is 38.6 Å². The largest absolute Gasteiger partial charge is 0.381 e. The van der Waals surface area contributed by atoms with Crippen molar-refractivity contribution in [3.8, 4) is 0 Å². The second-order valence-corrected chi connectivity index (χ2v) is 5.03. The summed E-state index contributed by atoms with van der Waals surface area (Å²) in [4.78, 5) is 0. The summed E-state index contributed by atoms with van der Waals surface area (Å²) in [5, 5.41) is 3.60. The second kappa shape index (κ2) is 8.57. The minimum atomic E-state index is 0.718. The van der Waals surface area contributed by atoms with E-state index < -0.39 is 0 Å². The maximum atomic E-state index is 5.31. The van der Waals surface area contributed by atoms with Crippen LogP contribution in [0.4, 0.5) is 0 Å². The Morgan fingerprint density at radius 1 is 1.29 bits per heavy atom. The zero-order chi connectivity index (χ0) is 10.1. The summed E-state index contributed by atoms with van der Waals surface area (Å²) in [5.74, 6) is 2.59. The van der Waals surface area contributed by atoms with E-state index in [0.29, 0.717) is 0 Å². The molecule has 0 aromatic rings. The zero-order valence-corrected chi connectivity index (χ0v) is 10.1. The first-order valence-electron chi connectivity index (χ1n) is 5.82. The van der Waals surface area contributed by atoms with Crippen molar-refractivity contribution in [3.63, 3.8) is 0 Å². The molecule has 0 saturated carbocycles. The molecule has 1 aliphatic rings. The summed E-state index contributed by atoms with van der Waals surface area (Å²) in [6.07, 6.45) is 5.07. The van der Waals surface area contributed by atoms with E-state index in [1.54, 1.807) is 0 Å². The molecule has 0 aromatic carbocycles. The van der Waals surface area contributed by atoms with Crippen molar-refractivity contribution in [1.82, 2.24) is 5.32 Å². The Hall–Kier alpha value is 0.270. The maximum absolute atomic E-state index is 5.31. The Kier molecular flexibility index (Phi) is 7.55. The van der Waals surface area contributed by atoms with E-state index in [1.807, 2.05) is 0 Å². The van der Waals surface area contributed by atoms with Gasteiger partial charge in [-0.3, -0.25) is 0 Å². The highest BCUT2D eigenvalue weighted by Crippen LogP contribution is 2.07. The highest BCUT2D eigenvalue weighted by molar-refractivity contribution is 7.99. The molecule has 1 N–H and O–H groups in total. The van der Waals surface area contributed by atoms with Crippen molar-refractivity contribution in [2.24, 2.45) is 0 Å². The Labute approximate surface area is 92.2 Å². The first-order chi connectivity index (χ1) is 6.93. The van der Waals surface area contributed by atoms with Gasteiger partial charge in [0.2, 0.25) is 0 Å². The molecule has 0 bridgehead atoms. The fourth-order valence-corrected chi connectivity index (χ4v) is 2.54. The van der Waals surface area contributed by atoms with Crippen molar-refractivity contribution >= 4 is 11.8 Å². The van der Waals surface area contributed by atoms with E-state index >= 15 is 0 Å². The summed E-state index contributed by atoms with van der Waals surface area (Å²) < 4.78 is 5.31. The lowest BCUT2D eigenvalue weighted by atomic mass is 10.1. The molecule has 1 fully saturated rings. The molecule has 1 saturated heterocycles. The number of ether oxygens (including phenoxy) is 1. The van der Waals surface area contributed by atoms with Crippen LogP contribution in [0.2, 0.25) is 0 Å². The minimum absolute atomic E-state index is 0.718. The van der Waals surface area contributed by atoms with Gasteiger partial charge in [0.05, 0.1) is 0 Å². The molecular formula is C11H23NOS. The third-order valence-electron chi connectivity index (χ3n) is 2.54. The van der Waals surface area contributed by atoms with Gasteiger partial charge in [0.1, 0.15) is 0 Å². The number of rotatable bonds is 7. The number of hydrogen-bond donors (Lipinski definition) is 1. The number of nitrogens with one attached hydrogen (secondary N) is 1. The van der Waals surface area contributed by atoms with Crippen molar-refractivity contribution in [2.75, 3.05) is 31.3 Å². The number of thioether (sulfide) groups is 1. The molecule has 0 unspecified atom stereocenters. The van der Waals surface area contributed by atoms with Gasteiger partial charge in [-0.2, -0.15) is 11.8 Å². The standard InChI is InChI=1S/C11H23NOS/c1-2-3-9-14-10-6-12-11-4-7-13-8-5-11/h11-12H,2-10H2,1H3. The van der Waals surface area contributed by atoms with Crippen LogP contribution in [-0.2, 0) is 4.74 Å². The van der Waals surface area contributed by atoms with Crippen LogP contribution in [0, 0.1) is 0 Å². The lowest BCUT2D eigenvalue weighted by molar-refractivity contribution is 0.0786. The van der Waals surface area contributed by atoms with Crippen LogP contribution in [0.15, 0.2) is 0 Å². The predicted octanol–water partition coefficient (Wildman–Crippen LogP) is 2.29. The van der Waals surface area contributed by atoms with Gasteiger partial charge in [0.15, 0.2) is 0 Å².